The number of ether oxygens (including phenoxy) is 1. The van der Waals surface area contributed by atoms with Crippen molar-refractivity contribution in [3.05, 3.63) is 29.5 Å². The van der Waals surface area contributed by atoms with Crippen LogP contribution in [-0.2, 0) is 6.18 Å². The van der Waals surface area contributed by atoms with Crippen molar-refractivity contribution >= 4 is 0 Å². The lowest BCUT2D eigenvalue weighted by atomic mass is 10.1. The van der Waals surface area contributed by atoms with Crippen molar-refractivity contribution in [1.29, 1.82) is 5.26 Å². The molecule has 122 valence electrons. The largest absolute Gasteiger partial charge is 0.494 e. The number of unbranched alkanes of at least 4 members (excludes halogenated alkanes) is 1. The van der Waals surface area contributed by atoms with Crippen molar-refractivity contribution in [2.75, 3.05) is 13.2 Å². The molecule has 2 rings (SSSR count). The summed E-state index contributed by atoms with van der Waals surface area (Å²) >= 11 is 0. The number of aromatic amines is 1. The molecule has 0 unspecified atom stereocenters. The Morgan fingerprint density at radius 3 is 2.65 bits per heavy atom. The van der Waals surface area contributed by atoms with Gasteiger partial charge in [0.15, 0.2) is 5.69 Å². The van der Waals surface area contributed by atoms with Gasteiger partial charge in [0, 0.05) is 12.2 Å². The Labute approximate surface area is 129 Å². The monoisotopic (exact) mass is 326 g/mol. The highest BCUT2D eigenvalue weighted by Crippen LogP contribution is 2.35. The first-order chi connectivity index (χ1) is 11.0. The molecule has 1 aromatic heterocycles. The minimum atomic E-state index is -4.56. The number of H-pyrrole nitrogens is 1. The summed E-state index contributed by atoms with van der Waals surface area (Å²) in [5.41, 5.74) is -0.893. The lowest BCUT2D eigenvalue weighted by Gasteiger charge is -2.12. The fourth-order valence-electron chi connectivity index (χ4n) is 1.90. The topological polar surface area (TPSA) is 94.8 Å². The Bertz CT molecular complexity index is 707. The molecule has 1 aromatic carbocycles. The maximum Gasteiger partial charge on any atom is 0.416 e. The molecule has 0 saturated carbocycles. The number of nitrogens with zero attached hydrogens (tertiary/aromatic N) is 3. The molecule has 0 spiro atoms. The van der Waals surface area contributed by atoms with Crippen molar-refractivity contribution in [2.24, 2.45) is 0 Å². The first-order valence-corrected chi connectivity index (χ1v) is 6.73. The molecule has 0 radical (unpaired) electrons. The molecule has 1 heterocycles. The number of halogens is 3. The number of nitrogens with one attached hydrogen (secondary N) is 1. The van der Waals surface area contributed by atoms with E-state index >= 15 is 0 Å². The van der Waals surface area contributed by atoms with E-state index < -0.39 is 11.7 Å². The standard InChI is InChI=1S/C14H13F3N4O2/c15-14(16,17)10-5-9(13-12(8-18)19-21-20-13)6-11(7-10)23-4-2-1-3-22/h5-7,22H,1-4H2,(H,19,20,21). The molecule has 0 saturated heterocycles. The number of rotatable bonds is 6. The Morgan fingerprint density at radius 1 is 1.22 bits per heavy atom. The number of aliphatic hydroxyl groups excluding tert-OH is 1. The molecule has 0 aliphatic carbocycles. The fourth-order valence-corrected chi connectivity index (χ4v) is 1.90. The molecule has 0 amide bonds. The van der Waals surface area contributed by atoms with E-state index in [0.717, 1.165) is 12.1 Å². The highest BCUT2D eigenvalue weighted by molar-refractivity contribution is 5.66. The molecular weight excluding hydrogens is 313 g/mol. The molecule has 0 atom stereocenters. The third-order valence-corrected chi connectivity index (χ3v) is 2.98. The summed E-state index contributed by atoms with van der Waals surface area (Å²) in [4.78, 5) is 0. The third-order valence-electron chi connectivity index (χ3n) is 2.98. The Balaban J connectivity index is 2.36. The number of benzene rings is 1. The zero-order valence-corrected chi connectivity index (χ0v) is 11.9. The van der Waals surface area contributed by atoms with Gasteiger partial charge in [-0.1, -0.05) is 0 Å². The van der Waals surface area contributed by atoms with Crippen molar-refractivity contribution in [3.8, 4) is 23.1 Å². The Kier molecular flexibility index (Phi) is 5.18. The van der Waals surface area contributed by atoms with E-state index in [-0.39, 0.29) is 35.9 Å². The summed E-state index contributed by atoms with van der Waals surface area (Å²) < 4.78 is 44.4. The molecule has 9 heteroatoms. The van der Waals surface area contributed by atoms with Gasteiger partial charge in [-0.05, 0) is 31.0 Å². The van der Waals surface area contributed by atoms with Crippen LogP contribution in [-0.4, -0.2) is 33.7 Å². The van der Waals surface area contributed by atoms with Crippen LogP contribution in [0.2, 0.25) is 0 Å². The average Bonchev–Trinajstić information content (AvgIpc) is 2.99. The fraction of sp³-hybridized carbons (Fsp3) is 0.357. The molecule has 0 aliphatic rings. The predicted molar refractivity (Wildman–Crippen MR) is 73.4 cm³/mol. The van der Waals surface area contributed by atoms with E-state index in [4.69, 9.17) is 15.1 Å². The van der Waals surface area contributed by atoms with E-state index in [1.54, 1.807) is 6.07 Å². The van der Waals surface area contributed by atoms with Gasteiger partial charge in [-0.2, -0.15) is 28.7 Å². The summed E-state index contributed by atoms with van der Waals surface area (Å²) in [5.74, 6) is 0.0136. The minimum Gasteiger partial charge on any atom is -0.494 e. The maximum absolute atomic E-state index is 13.0. The van der Waals surface area contributed by atoms with Crippen LogP contribution in [0.1, 0.15) is 24.1 Å². The molecule has 0 fully saturated rings. The predicted octanol–water partition coefficient (Wildman–Crippen LogP) is 2.51. The van der Waals surface area contributed by atoms with Crippen LogP contribution in [0, 0.1) is 11.3 Å². The van der Waals surface area contributed by atoms with Crippen LogP contribution in [0.5, 0.6) is 5.75 Å². The molecule has 0 bridgehead atoms. The number of alkyl halides is 3. The summed E-state index contributed by atoms with van der Waals surface area (Å²) in [6, 6.07) is 4.90. The lowest BCUT2D eigenvalue weighted by molar-refractivity contribution is -0.137. The minimum absolute atomic E-state index is 0.0122. The smallest absolute Gasteiger partial charge is 0.416 e. The van der Waals surface area contributed by atoms with Gasteiger partial charge >= 0.3 is 6.18 Å². The van der Waals surface area contributed by atoms with E-state index in [0.29, 0.717) is 12.8 Å². The third kappa shape index (κ3) is 4.20. The highest BCUT2D eigenvalue weighted by Gasteiger charge is 2.32. The van der Waals surface area contributed by atoms with Crippen LogP contribution in [0.3, 0.4) is 0 Å². The molecule has 0 aliphatic heterocycles. The maximum atomic E-state index is 13.0. The molecular formula is C14H13F3N4O2. The molecule has 23 heavy (non-hydrogen) atoms. The first kappa shape index (κ1) is 16.8. The quantitative estimate of drug-likeness (QED) is 0.795. The van der Waals surface area contributed by atoms with Gasteiger partial charge in [0.05, 0.1) is 12.2 Å². The Hall–Kier alpha value is -2.60. The number of aliphatic hydroxyl groups is 1. The lowest BCUT2D eigenvalue weighted by Crippen LogP contribution is -2.07. The van der Waals surface area contributed by atoms with E-state index in [2.05, 4.69) is 15.4 Å². The Morgan fingerprint density at radius 2 is 2.00 bits per heavy atom. The van der Waals surface area contributed by atoms with Crippen molar-refractivity contribution in [3.63, 3.8) is 0 Å². The average molecular weight is 326 g/mol. The molecule has 6 nitrogen and oxygen atoms in total. The second-order valence-electron chi connectivity index (χ2n) is 4.66. The molecule has 2 N–H and O–H groups in total. The van der Waals surface area contributed by atoms with Gasteiger partial charge in [-0.25, -0.2) is 0 Å². The summed E-state index contributed by atoms with van der Waals surface area (Å²) in [5, 5.41) is 27.1. The highest BCUT2D eigenvalue weighted by atomic mass is 19.4. The number of hydrogen-bond donors (Lipinski definition) is 2. The van der Waals surface area contributed by atoms with Crippen molar-refractivity contribution < 1.29 is 23.0 Å². The van der Waals surface area contributed by atoms with E-state index in [1.807, 2.05) is 0 Å². The van der Waals surface area contributed by atoms with E-state index in [9.17, 15) is 13.2 Å². The van der Waals surface area contributed by atoms with Gasteiger partial charge < -0.3 is 9.84 Å². The number of hydrogen-bond acceptors (Lipinski definition) is 5. The second kappa shape index (κ2) is 7.11. The van der Waals surface area contributed by atoms with Crippen LogP contribution < -0.4 is 4.74 Å². The van der Waals surface area contributed by atoms with Crippen LogP contribution in [0.15, 0.2) is 18.2 Å². The summed E-state index contributed by atoms with van der Waals surface area (Å²) in [7, 11) is 0. The zero-order valence-electron chi connectivity index (χ0n) is 11.9. The van der Waals surface area contributed by atoms with Crippen molar-refractivity contribution in [1.82, 2.24) is 15.4 Å². The van der Waals surface area contributed by atoms with Crippen molar-refractivity contribution in [2.45, 2.75) is 19.0 Å². The van der Waals surface area contributed by atoms with Gasteiger partial charge in [0.2, 0.25) is 0 Å². The van der Waals surface area contributed by atoms with Crippen LogP contribution in [0.25, 0.3) is 11.3 Å². The van der Waals surface area contributed by atoms with Gasteiger partial charge in [0.25, 0.3) is 0 Å². The SMILES string of the molecule is N#Cc1n[nH]nc1-c1cc(OCCCCO)cc(C(F)(F)F)c1. The van der Waals surface area contributed by atoms with E-state index in [1.165, 1.54) is 6.07 Å². The van der Waals surface area contributed by atoms with Crippen LogP contribution >= 0.6 is 0 Å². The zero-order chi connectivity index (χ0) is 16.9. The van der Waals surface area contributed by atoms with Gasteiger partial charge in [0.1, 0.15) is 17.5 Å². The molecule has 2 aromatic rings. The summed E-state index contributed by atoms with van der Waals surface area (Å²) in [6.45, 7) is 0.160. The number of aromatic nitrogens is 3. The van der Waals surface area contributed by atoms with Gasteiger partial charge in [-0.3, -0.25) is 0 Å². The van der Waals surface area contributed by atoms with Crippen LogP contribution in [0.4, 0.5) is 13.2 Å². The second-order valence-corrected chi connectivity index (χ2v) is 4.66. The summed E-state index contributed by atoms with van der Waals surface area (Å²) in [6.07, 6.45) is -3.56. The van der Waals surface area contributed by atoms with Gasteiger partial charge in [-0.15, -0.1) is 5.10 Å². The first-order valence-electron chi connectivity index (χ1n) is 6.73. The normalized spacial score (nSPS) is 11.3. The number of nitriles is 1.